The Morgan fingerprint density at radius 3 is 1.48 bits per heavy atom. The van der Waals surface area contributed by atoms with Crippen LogP contribution in [0, 0.1) is 0 Å². The number of rotatable bonds is 6. The summed E-state index contributed by atoms with van der Waals surface area (Å²) in [6.45, 7) is 4.72. The number of benzene rings is 8. The van der Waals surface area contributed by atoms with E-state index in [1.807, 2.05) is 24.3 Å². The van der Waals surface area contributed by atoms with Crippen LogP contribution in [0.1, 0.15) is 25.0 Å². The van der Waals surface area contributed by atoms with E-state index in [0.29, 0.717) is 0 Å². The van der Waals surface area contributed by atoms with Gasteiger partial charge in [-0.05, 0) is 107 Å². The van der Waals surface area contributed by atoms with E-state index >= 15 is 0 Å². The van der Waals surface area contributed by atoms with Crippen LogP contribution < -0.4 is 9.80 Å². The quantitative estimate of drug-likeness (QED) is 0.171. The summed E-state index contributed by atoms with van der Waals surface area (Å²) in [5.41, 5.74) is 16.5. The van der Waals surface area contributed by atoms with Crippen molar-refractivity contribution < 1.29 is 8.83 Å². The molecule has 0 fully saturated rings. The summed E-state index contributed by atoms with van der Waals surface area (Å²) < 4.78 is 12.5. The Morgan fingerprint density at radius 1 is 0.393 bits per heavy atom. The van der Waals surface area contributed by atoms with E-state index in [1.54, 1.807) is 0 Å². The van der Waals surface area contributed by atoms with Gasteiger partial charge in [0.1, 0.15) is 22.3 Å². The van der Waals surface area contributed by atoms with E-state index in [2.05, 4.69) is 182 Å². The van der Waals surface area contributed by atoms with Crippen LogP contribution in [0.2, 0.25) is 0 Å². The highest BCUT2D eigenvalue weighted by atomic mass is 16.3. The first-order chi connectivity index (χ1) is 27.4. The normalized spacial score (nSPS) is 13.1. The van der Waals surface area contributed by atoms with E-state index in [9.17, 15) is 0 Å². The van der Waals surface area contributed by atoms with Crippen LogP contribution in [0.3, 0.4) is 0 Å². The molecule has 4 heteroatoms. The number of para-hydroxylation sites is 3. The van der Waals surface area contributed by atoms with E-state index in [0.717, 1.165) is 66.6 Å². The fourth-order valence-corrected chi connectivity index (χ4v) is 8.98. The second-order valence-electron chi connectivity index (χ2n) is 15.4. The minimum atomic E-state index is -0.239. The molecular weight excluding hydrogens is 685 g/mol. The van der Waals surface area contributed by atoms with E-state index in [1.165, 1.54) is 39.1 Å². The number of furan rings is 2. The van der Waals surface area contributed by atoms with Crippen LogP contribution in [0.4, 0.5) is 28.4 Å². The molecule has 0 saturated heterocycles. The van der Waals surface area contributed by atoms with Crippen LogP contribution in [0.25, 0.3) is 66.1 Å². The fraction of sp³-hybridized carbons (Fsp3) is 0.0769. The summed E-state index contributed by atoms with van der Waals surface area (Å²) in [7, 11) is 2.18. The van der Waals surface area contributed by atoms with Gasteiger partial charge < -0.3 is 18.6 Å². The standard InChI is InChI=1S/C52H38N2O2/c1-52(2)45-31-34(53(3)47-18-10-7-15-38(47)33-13-5-4-6-14-33)21-25-39(45)40-26-22-37(32-46(40)52)54(35-23-27-50-43(29-35)41-16-8-11-19-48(41)55-50)36-24-28-51-44(30-36)42-17-9-12-20-49(42)56-51/h4-32H,1-3H3. The predicted molar refractivity (Wildman–Crippen MR) is 233 cm³/mol. The Balaban J connectivity index is 1.04. The van der Waals surface area contributed by atoms with Gasteiger partial charge in [0, 0.05) is 68.0 Å². The maximum Gasteiger partial charge on any atom is 0.135 e. The average Bonchev–Trinajstić information content (AvgIpc) is 3.88. The molecule has 268 valence electrons. The molecule has 0 unspecified atom stereocenters. The Kier molecular flexibility index (Phi) is 7.08. The van der Waals surface area contributed by atoms with Gasteiger partial charge in [0.2, 0.25) is 0 Å². The van der Waals surface area contributed by atoms with Crippen molar-refractivity contribution >= 4 is 72.3 Å². The van der Waals surface area contributed by atoms with Crippen molar-refractivity contribution in [3.63, 3.8) is 0 Å². The van der Waals surface area contributed by atoms with Crippen LogP contribution in [-0.2, 0) is 5.41 Å². The first-order valence-corrected chi connectivity index (χ1v) is 19.2. The average molecular weight is 723 g/mol. The highest BCUT2D eigenvalue weighted by molar-refractivity contribution is 6.08. The van der Waals surface area contributed by atoms with Crippen molar-refractivity contribution in [2.24, 2.45) is 0 Å². The third-order valence-corrected chi connectivity index (χ3v) is 11.9. The minimum Gasteiger partial charge on any atom is -0.456 e. The molecule has 2 aromatic heterocycles. The molecule has 0 aliphatic heterocycles. The second kappa shape index (κ2) is 12.2. The molecule has 0 radical (unpaired) electrons. The van der Waals surface area contributed by atoms with Gasteiger partial charge in [-0.15, -0.1) is 0 Å². The summed E-state index contributed by atoms with van der Waals surface area (Å²) in [5, 5.41) is 4.41. The van der Waals surface area contributed by atoms with Gasteiger partial charge in [0.05, 0.1) is 0 Å². The lowest BCUT2D eigenvalue weighted by atomic mass is 9.82. The number of nitrogens with zero attached hydrogens (tertiary/aromatic N) is 2. The summed E-state index contributed by atoms with van der Waals surface area (Å²) >= 11 is 0. The molecule has 1 aliphatic carbocycles. The molecule has 0 atom stereocenters. The summed E-state index contributed by atoms with van der Waals surface area (Å²) in [5.74, 6) is 0. The highest BCUT2D eigenvalue weighted by Crippen LogP contribution is 2.52. The van der Waals surface area contributed by atoms with Gasteiger partial charge in [-0.2, -0.15) is 0 Å². The van der Waals surface area contributed by atoms with Crippen molar-refractivity contribution in [2.45, 2.75) is 19.3 Å². The van der Waals surface area contributed by atoms with Gasteiger partial charge in [0.25, 0.3) is 0 Å². The Labute approximate surface area is 325 Å². The molecular formula is C52H38N2O2. The van der Waals surface area contributed by atoms with Crippen LogP contribution >= 0.6 is 0 Å². The Morgan fingerprint density at radius 2 is 0.857 bits per heavy atom. The van der Waals surface area contributed by atoms with Crippen molar-refractivity contribution in [1.29, 1.82) is 0 Å². The Bertz CT molecular complexity index is 3040. The van der Waals surface area contributed by atoms with Crippen molar-refractivity contribution in [3.8, 4) is 22.3 Å². The molecule has 0 spiro atoms. The first-order valence-electron chi connectivity index (χ1n) is 19.2. The minimum absolute atomic E-state index is 0.239. The highest BCUT2D eigenvalue weighted by Gasteiger charge is 2.37. The zero-order valence-electron chi connectivity index (χ0n) is 31.5. The third-order valence-electron chi connectivity index (χ3n) is 11.9. The third kappa shape index (κ3) is 4.92. The van der Waals surface area contributed by atoms with Crippen molar-refractivity contribution in [3.05, 3.63) is 187 Å². The zero-order chi connectivity index (χ0) is 37.5. The molecule has 0 saturated carbocycles. The molecule has 11 rings (SSSR count). The molecule has 10 aromatic rings. The number of hydrogen-bond donors (Lipinski definition) is 0. The first kappa shape index (κ1) is 32.4. The topological polar surface area (TPSA) is 32.8 Å². The summed E-state index contributed by atoms with van der Waals surface area (Å²) in [6.07, 6.45) is 0. The van der Waals surface area contributed by atoms with E-state index in [4.69, 9.17) is 8.83 Å². The smallest absolute Gasteiger partial charge is 0.135 e. The Hall–Kier alpha value is -7.04. The molecule has 0 N–H and O–H groups in total. The van der Waals surface area contributed by atoms with Crippen molar-refractivity contribution in [1.82, 2.24) is 0 Å². The van der Waals surface area contributed by atoms with Gasteiger partial charge in [0.15, 0.2) is 0 Å². The van der Waals surface area contributed by atoms with Crippen LogP contribution in [0.15, 0.2) is 185 Å². The number of anilines is 5. The van der Waals surface area contributed by atoms with E-state index in [-0.39, 0.29) is 5.41 Å². The second-order valence-corrected chi connectivity index (χ2v) is 15.4. The van der Waals surface area contributed by atoms with Gasteiger partial charge in [-0.1, -0.05) is 111 Å². The summed E-state index contributed by atoms with van der Waals surface area (Å²) in [4.78, 5) is 4.70. The SMILES string of the molecule is CN(c1ccc2c(c1)C(C)(C)c1cc(N(c3ccc4oc5ccccc5c4c3)c3ccc4oc5ccccc5c4c3)ccc1-2)c1ccccc1-c1ccccc1. The van der Waals surface area contributed by atoms with Gasteiger partial charge in [-0.25, -0.2) is 0 Å². The van der Waals surface area contributed by atoms with Gasteiger partial charge in [-0.3, -0.25) is 0 Å². The van der Waals surface area contributed by atoms with Gasteiger partial charge >= 0.3 is 0 Å². The monoisotopic (exact) mass is 722 g/mol. The van der Waals surface area contributed by atoms with Crippen LogP contribution in [-0.4, -0.2) is 7.05 Å². The molecule has 0 amide bonds. The molecule has 1 aliphatic rings. The lowest BCUT2D eigenvalue weighted by molar-refractivity contribution is 0.660. The fourth-order valence-electron chi connectivity index (χ4n) is 8.98. The molecule has 0 bridgehead atoms. The van der Waals surface area contributed by atoms with E-state index < -0.39 is 0 Å². The summed E-state index contributed by atoms with van der Waals surface area (Å²) in [6, 6.07) is 62.9. The lowest BCUT2D eigenvalue weighted by Gasteiger charge is -2.28. The predicted octanol–water partition coefficient (Wildman–Crippen LogP) is 14.7. The molecule has 56 heavy (non-hydrogen) atoms. The van der Waals surface area contributed by atoms with Crippen LogP contribution in [0.5, 0.6) is 0 Å². The maximum atomic E-state index is 6.27. The molecule has 4 nitrogen and oxygen atoms in total. The molecule has 2 heterocycles. The number of fused-ring (bicyclic) bond motifs is 9. The zero-order valence-corrected chi connectivity index (χ0v) is 31.5. The lowest BCUT2D eigenvalue weighted by Crippen LogP contribution is -2.18. The molecule has 8 aromatic carbocycles. The van der Waals surface area contributed by atoms with Crippen molar-refractivity contribution in [2.75, 3.05) is 16.8 Å². The largest absolute Gasteiger partial charge is 0.456 e. The maximum absolute atomic E-state index is 6.27. The number of hydrogen-bond acceptors (Lipinski definition) is 4.